The Kier molecular flexibility index (Phi) is 4.86. The Labute approximate surface area is 132 Å². The van der Waals surface area contributed by atoms with Crippen LogP contribution in [0.3, 0.4) is 0 Å². The normalized spacial score (nSPS) is 30.2. The highest BCUT2D eigenvalue weighted by atomic mass is 32.2. The number of piperidine rings is 1. The Hall–Kier alpha value is -1.00. The van der Waals surface area contributed by atoms with Crippen molar-refractivity contribution in [2.45, 2.75) is 50.6 Å². The van der Waals surface area contributed by atoms with Crippen LogP contribution in [-0.2, 0) is 6.54 Å². The van der Waals surface area contributed by atoms with Crippen molar-refractivity contribution in [2.24, 2.45) is 4.99 Å². The van der Waals surface area contributed by atoms with Gasteiger partial charge in [-0.15, -0.1) is 0 Å². The van der Waals surface area contributed by atoms with Crippen LogP contribution in [0.5, 0.6) is 0 Å². The van der Waals surface area contributed by atoms with Crippen molar-refractivity contribution in [3.8, 4) is 0 Å². The number of benzene rings is 1. The highest BCUT2D eigenvalue weighted by molar-refractivity contribution is 8.14. The maximum atomic E-state index is 4.72. The first kappa shape index (κ1) is 14.9. The van der Waals surface area contributed by atoms with Crippen molar-refractivity contribution in [1.29, 1.82) is 0 Å². The number of nitrogens with zero attached hydrogens (tertiary/aromatic N) is 2. The van der Waals surface area contributed by atoms with E-state index in [2.05, 4.69) is 54.4 Å². The van der Waals surface area contributed by atoms with Crippen LogP contribution in [0.15, 0.2) is 35.3 Å². The zero-order valence-electron chi connectivity index (χ0n) is 13.0. The van der Waals surface area contributed by atoms with E-state index in [0.29, 0.717) is 17.3 Å². The van der Waals surface area contributed by atoms with Gasteiger partial charge in [-0.1, -0.05) is 49.0 Å². The fourth-order valence-corrected chi connectivity index (χ4v) is 4.07. The summed E-state index contributed by atoms with van der Waals surface area (Å²) in [5.74, 6) is 0. The summed E-state index contributed by atoms with van der Waals surface area (Å²) in [6.45, 7) is 7.85. The van der Waals surface area contributed by atoms with Crippen LogP contribution in [0.4, 0.5) is 0 Å². The molecule has 2 aliphatic rings. The number of likely N-dealkylation sites (tertiary alicyclic amines) is 1. The zero-order valence-corrected chi connectivity index (χ0v) is 13.8. The van der Waals surface area contributed by atoms with E-state index in [0.717, 1.165) is 18.3 Å². The molecule has 0 aliphatic carbocycles. The Bertz CT molecular complexity index is 488. The van der Waals surface area contributed by atoms with Gasteiger partial charge in [-0.2, -0.15) is 0 Å². The van der Waals surface area contributed by atoms with Crippen molar-refractivity contribution >= 4 is 16.9 Å². The van der Waals surface area contributed by atoms with E-state index in [-0.39, 0.29) is 0 Å². The van der Waals surface area contributed by atoms with E-state index < -0.39 is 0 Å². The molecule has 0 aromatic heterocycles. The molecule has 0 amide bonds. The van der Waals surface area contributed by atoms with Gasteiger partial charge in [-0.3, -0.25) is 9.89 Å². The third-order valence-electron chi connectivity index (χ3n) is 4.38. The smallest absolute Gasteiger partial charge is 0.157 e. The largest absolute Gasteiger partial charge is 0.361 e. The van der Waals surface area contributed by atoms with Crippen LogP contribution in [0.1, 0.15) is 32.3 Å². The SMILES string of the molecule is CC1N=C(NC2CCCN(Cc3ccccc3)C2)SC1C. The standard InChI is InChI=1S/C17H25N3S/c1-13-14(2)21-17(18-13)19-16-9-6-10-20(12-16)11-15-7-4-3-5-8-15/h3-5,7-8,13-14,16H,6,9-12H2,1-2H3,(H,18,19). The predicted octanol–water partition coefficient (Wildman–Crippen LogP) is 3.12. The summed E-state index contributed by atoms with van der Waals surface area (Å²) in [6.07, 6.45) is 2.53. The summed E-state index contributed by atoms with van der Waals surface area (Å²) in [6, 6.07) is 11.8. The highest BCUT2D eigenvalue weighted by Gasteiger charge is 2.26. The zero-order chi connectivity index (χ0) is 14.7. The highest BCUT2D eigenvalue weighted by Crippen LogP contribution is 2.26. The van der Waals surface area contributed by atoms with Crippen LogP contribution in [-0.4, -0.2) is 40.5 Å². The van der Waals surface area contributed by atoms with Gasteiger partial charge in [0.05, 0.1) is 6.04 Å². The van der Waals surface area contributed by atoms with Gasteiger partial charge in [-0.05, 0) is 31.9 Å². The van der Waals surface area contributed by atoms with Crippen molar-refractivity contribution < 1.29 is 0 Å². The predicted molar refractivity (Wildman–Crippen MR) is 91.8 cm³/mol. The quantitative estimate of drug-likeness (QED) is 0.930. The minimum Gasteiger partial charge on any atom is -0.361 e. The molecule has 1 aromatic carbocycles. The minimum absolute atomic E-state index is 0.446. The maximum Gasteiger partial charge on any atom is 0.157 e. The second-order valence-electron chi connectivity index (χ2n) is 6.20. The molecular weight excluding hydrogens is 278 g/mol. The number of rotatable bonds is 3. The Morgan fingerprint density at radius 3 is 2.81 bits per heavy atom. The number of thioether (sulfide) groups is 1. The molecule has 114 valence electrons. The van der Waals surface area contributed by atoms with Crippen molar-refractivity contribution in [3.63, 3.8) is 0 Å². The van der Waals surface area contributed by atoms with Crippen molar-refractivity contribution in [2.75, 3.05) is 13.1 Å². The average Bonchev–Trinajstić information content (AvgIpc) is 2.78. The fraction of sp³-hybridized carbons (Fsp3) is 0.588. The molecule has 1 aromatic rings. The van der Waals surface area contributed by atoms with Gasteiger partial charge in [0.1, 0.15) is 0 Å². The lowest BCUT2D eigenvalue weighted by Crippen LogP contribution is -2.46. The molecule has 0 bridgehead atoms. The van der Waals surface area contributed by atoms with Gasteiger partial charge < -0.3 is 5.32 Å². The Morgan fingerprint density at radius 1 is 1.29 bits per heavy atom. The van der Waals surface area contributed by atoms with E-state index in [1.165, 1.54) is 24.9 Å². The van der Waals surface area contributed by atoms with Crippen LogP contribution in [0.2, 0.25) is 0 Å². The lowest BCUT2D eigenvalue weighted by atomic mass is 10.1. The van der Waals surface area contributed by atoms with E-state index in [9.17, 15) is 0 Å². The Morgan fingerprint density at radius 2 is 2.10 bits per heavy atom. The van der Waals surface area contributed by atoms with Crippen LogP contribution in [0, 0.1) is 0 Å². The molecule has 0 spiro atoms. The van der Waals surface area contributed by atoms with Gasteiger partial charge in [0, 0.05) is 24.4 Å². The lowest BCUT2D eigenvalue weighted by Gasteiger charge is -2.33. The molecule has 3 atom stereocenters. The number of hydrogen-bond acceptors (Lipinski definition) is 4. The fourth-order valence-electron chi connectivity index (χ4n) is 3.00. The molecular formula is C17H25N3S. The molecule has 0 radical (unpaired) electrons. The van der Waals surface area contributed by atoms with Gasteiger partial charge in [0.2, 0.25) is 0 Å². The van der Waals surface area contributed by atoms with Crippen LogP contribution < -0.4 is 5.32 Å². The summed E-state index contributed by atoms with van der Waals surface area (Å²) >= 11 is 1.89. The summed E-state index contributed by atoms with van der Waals surface area (Å²) in [7, 11) is 0. The lowest BCUT2D eigenvalue weighted by molar-refractivity contribution is 0.193. The molecule has 3 unspecified atom stereocenters. The Balaban J connectivity index is 1.53. The molecule has 1 saturated heterocycles. The van der Waals surface area contributed by atoms with E-state index in [1.807, 2.05) is 11.8 Å². The summed E-state index contributed by atoms with van der Waals surface area (Å²) < 4.78 is 0. The number of amidine groups is 1. The molecule has 3 rings (SSSR count). The van der Waals surface area contributed by atoms with E-state index in [1.54, 1.807) is 0 Å². The van der Waals surface area contributed by atoms with E-state index >= 15 is 0 Å². The third-order valence-corrected chi connectivity index (χ3v) is 5.59. The minimum atomic E-state index is 0.446. The summed E-state index contributed by atoms with van der Waals surface area (Å²) in [4.78, 5) is 7.28. The van der Waals surface area contributed by atoms with Crippen molar-refractivity contribution in [1.82, 2.24) is 10.2 Å². The molecule has 0 saturated carbocycles. The van der Waals surface area contributed by atoms with E-state index in [4.69, 9.17) is 4.99 Å². The molecule has 2 aliphatic heterocycles. The van der Waals surface area contributed by atoms with Crippen LogP contribution in [0.25, 0.3) is 0 Å². The van der Waals surface area contributed by atoms with Gasteiger partial charge in [0.25, 0.3) is 0 Å². The van der Waals surface area contributed by atoms with Crippen LogP contribution >= 0.6 is 11.8 Å². The second kappa shape index (κ2) is 6.84. The molecule has 4 heteroatoms. The maximum absolute atomic E-state index is 4.72. The number of hydrogen-bond donors (Lipinski definition) is 1. The number of nitrogens with one attached hydrogen (secondary N) is 1. The number of aliphatic imine (C=N–C) groups is 1. The molecule has 21 heavy (non-hydrogen) atoms. The summed E-state index contributed by atoms with van der Waals surface area (Å²) in [5.41, 5.74) is 1.41. The van der Waals surface area contributed by atoms with Crippen molar-refractivity contribution in [3.05, 3.63) is 35.9 Å². The third kappa shape index (κ3) is 4.01. The van der Waals surface area contributed by atoms with Gasteiger partial charge in [0.15, 0.2) is 5.17 Å². The second-order valence-corrected chi connectivity index (χ2v) is 7.57. The topological polar surface area (TPSA) is 27.6 Å². The van der Waals surface area contributed by atoms with Gasteiger partial charge >= 0.3 is 0 Å². The molecule has 1 N–H and O–H groups in total. The first-order valence-electron chi connectivity index (χ1n) is 7.98. The first-order chi connectivity index (χ1) is 10.2. The molecule has 1 fully saturated rings. The average molecular weight is 303 g/mol. The van der Waals surface area contributed by atoms with Gasteiger partial charge in [-0.25, -0.2) is 0 Å². The monoisotopic (exact) mass is 303 g/mol. The summed E-state index contributed by atoms with van der Waals surface area (Å²) in [5, 5.41) is 5.43. The molecule has 2 heterocycles. The molecule has 3 nitrogen and oxygen atoms in total. The first-order valence-corrected chi connectivity index (χ1v) is 8.86.